The molecule has 2 atom stereocenters. The molecule has 0 saturated heterocycles. The van der Waals surface area contributed by atoms with E-state index in [9.17, 15) is 8.78 Å². The van der Waals surface area contributed by atoms with Gasteiger partial charge in [0.25, 0.3) is 0 Å². The van der Waals surface area contributed by atoms with Crippen molar-refractivity contribution in [3.05, 3.63) is 35.4 Å². The lowest BCUT2D eigenvalue weighted by molar-refractivity contribution is 0.378. The van der Waals surface area contributed by atoms with Gasteiger partial charge in [0.2, 0.25) is 0 Å². The van der Waals surface area contributed by atoms with Crippen molar-refractivity contribution in [2.24, 2.45) is 5.92 Å². The minimum Gasteiger partial charge on any atom is -0.314 e. The molecular weight excluding hydrogens is 244 g/mol. The maximum absolute atomic E-state index is 13.7. The van der Waals surface area contributed by atoms with Crippen LogP contribution in [0.25, 0.3) is 0 Å². The Morgan fingerprint density at radius 2 is 1.79 bits per heavy atom. The number of nitrogens with one attached hydrogen (secondary N) is 1. The summed E-state index contributed by atoms with van der Waals surface area (Å²) in [4.78, 5) is 0. The second-order valence-corrected chi connectivity index (χ2v) is 5.29. The van der Waals surface area contributed by atoms with E-state index in [0.29, 0.717) is 12.3 Å². The van der Waals surface area contributed by atoms with Crippen molar-refractivity contribution < 1.29 is 8.78 Å². The van der Waals surface area contributed by atoms with Gasteiger partial charge in [-0.15, -0.1) is 0 Å². The highest BCUT2D eigenvalue weighted by molar-refractivity contribution is 5.20. The summed E-state index contributed by atoms with van der Waals surface area (Å²) in [5.74, 6) is -0.305. The molecule has 19 heavy (non-hydrogen) atoms. The van der Waals surface area contributed by atoms with Crippen molar-refractivity contribution in [2.75, 3.05) is 6.54 Å². The summed E-state index contributed by atoms with van der Waals surface area (Å²) in [5, 5.41) is 3.34. The molecule has 0 bridgehead atoms. The van der Waals surface area contributed by atoms with Crippen LogP contribution in [-0.2, 0) is 6.42 Å². The first-order valence-corrected chi connectivity index (χ1v) is 7.24. The van der Waals surface area contributed by atoms with Crippen molar-refractivity contribution in [3.8, 4) is 0 Å². The summed E-state index contributed by atoms with van der Waals surface area (Å²) >= 11 is 0. The van der Waals surface area contributed by atoms with Crippen LogP contribution in [0.15, 0.2) is 18.2 Å². The first-order valence-electron chi connectivity index (χ1n) is 7.24. The number of benzene rings is 1. The van der Waals surface area contributed by atoms with E-state index in [-0.39, 0.29) is 11.6 Å². The molecule has 1 rings (SSSR count). The minimum absolute atomic E-state index is 0.137. The van der Waals surface area contributed by atoms with Crippen LogP contribution < -0.4 is 5.32 Å². The van der Waals surface area contributed by atoms with Crippen molar-refractivity contribution in [3.63, 3.8) is 0 Å². The third-order valence-electron chi connectivity index (χ3n) is 3.47. The van der Waals surface area contributed by atoms with Crippen LogP contribution in [0.1, 0.15) is 45.6 Å². The Morgan fingerprint density at radius 1 is 1.16 bits per heavy atom. The van der Waals surface area contributed by atoms with Crippen LogP contribution in [0.4, 0.5) is 8.78 Å². The predicted molar refractivity (Wildman–Crippen MR) is 76.2 cm³/mol. The monoisotopic (exact) mass is 269 g/mol. The zero-order chi connectivity index (χ0) is 14.3. The minimum atomic E-state index is -0.439. The second kappa shape index (κ2) is 8.26. The molecule has 0 fully saturated rings. The standard InChI is InChI=1S/C16H25F2N/c1-4-7-12(3)10-13(19-5-2)11-14-15(17)8-6-9-16(14)18/h6,8-9,12-13,19H,4-5,7,10-11H2,1-3H3. The highest BCUT2D eigenvalue weighted by Gasteiger charge is 2.17. The van der Waals surface area contributed by atoms with Crippen LogP contribution in [0, 0.1) is 17.6 Å². The van der Waals surface area contributed by atoms with Crippen LogP contribution >= 0.6 is 0 Å². The topological polar surface area (TPSA) is 12.0 Å². The maximum Gasteiger partial charge on any atom is 0.129 e. The van der Waals surface area contributed by atoms with Crippen molar-refractivity contribution in [2.45, 2.75) is 52.5 Å². The lowest BCUT2D eigenvalue weighted by atomic mass is 9.93. The molecule has 3 heteroatoms. The molecule has 0 aromatic heterocycles. The summed E-state index contributed by atoms with van der Waals surface area (Å²) in [7, 11) is 0. The molecule has 2 unspecified atom stereocenters. The molecule has 0 heterocycles. The first kappa shape index (κ1) is 16.1. The van der Waals surface area contributed by atoms with E-state index < -0.39 is 11.6 Å². The Labute approximate surface area is 115 Å². The normalized spacial score (nSPS) is 14.4. The molecule has 0 spiro atoms. The Morgan fingerprint density at radius 3 is 2.32 bits per heavy atom. The number of rotatable bonds is 8. The maximum atomic E-state index is 13.7. The predicted octanol–water partition coefficient (Wildman–Crippen LogP) is 4.31. The third-order valence-corrected chi connectivity index (χ3v) is 3.47. The zero-order valence-corrected chi connectivity index (χ0v) is 12.2. The van der Waals surface area contributed by atoms with Crippen LogP contribution in [-0.4, -0.2) is 12.6 Å². The molecule has 0 radical (unpaired) electrons. The SMILES string of the molecule is CCCC(C)CC(Cc1c(F)cccc1F)NCC. The van der Waals surface area contributed by atoms with Gasteiger partial charge in [0.15, 0.2) is 0 Å². The Hall–Kier alpha value is -0.960. The lowest BCUT2D eigenvalue weighted by Crippen LogP contribution is -2.33. The molecule has 1 aromatic rings. The lowest BCUT2D eigenvalue weighted by Gasteiger charge is -2.22. The molecule has 1 aromatic carbocycles. The first-order chi connectivity index (χ1) is 9.08. The van der Waals surface area contributed by atoms with Crippen LogP contribution in [0.5, 0.6) is 0 Å². The van der Waals surface area contributed by atoms with Crippen molar-refractivity contribution in [1.29, 1.82) is 0 Å². The van der Waals surface area contributed by atoms with E-state index in [0.717, 1.165) is 25.8 Å². The summed E-state index contributed by atoms with van der Waals surface area (Å²) < 4.78 is 27.3. The Bertz CT molecular complexity index is 359. The Kier molecular flexibility index (Phi) is 7.00. The number of hydrogen-bond donors (Lipinski definition) is 1. The fourth-order valence-electron chi connectivity index (χ4n) is 2.60. The fourth-order valence-corrected chi connectivity index (χ4v) is 2.60. The van der Waals surface area contributed by atoms with Gasteiger partial charge in [0.05, 0.1) is 0 Å². The van der Waals surface area contributed by atoms with E-state index in [1.807, 2.05) is 6.92 Å². The molecule has 108 valence electrons. The van der Waals surface area contributed by atoms with Gasteiger partial charge in [-0.2, -0.15) is 0 Å². The van der Waals surface area contributed by atoms with E-state index in [2.05, 4.69) is 19.2 Å². The van der Waals surface area contributed by atoms with Gasteiger partial charge >= 0.3 is 0 Å². The highest BCUT2D eigenvalue weighted by atomic mass is 19.1. The molecule has 1 nitrogen and oxygen atoms in total. The highest BCUT2D eigenvalue weighted by Crippen LogP contribution is 2.19. The second-order valence-electron chi connectivity index (χ2n) is 5.29. The molecule has 0 aliphatic carbocycles. The van der Waals surface area contributed by atoms with Gasteiger partial charge < -0.3 is 5.32 Å². The quantitative estimate of drug-likeness (QED) is 0.741. The van der Waals surface area contributed by atoms with Gasteiger partial charge in [-0.05, 0) is 37.4 Å². The van der Waals surface area contributed by atoms with Gasteiger partial charge in [0, 0.05) is 11.6 Å². The smallest absolute Gasteiger partial charge is 0.129 e. The molecule has 0 aliphatic rings. The Balaban J connectivity index is 2.72. The number of likely N-dealkylation sites (N-methyl/N-ethyl adjacent to an activating group) is 1. The third kappa shape index (κ3) is 5.27. The number of hydrogen-bond acceptors (Lipinski definition) is 1. The summed E-state index contributed by atoms with van der Waals surface area (Å²) in [6.07, 6.45) is 3.67. The van der Waals surface area contributed by atoms with Gasteiger partial charge in [-0.1, -0.05) is 39.7 Å². The van der Waals surface area contributed by atoms with Crippen LogP contribution in [0.3, 0.4) is 0 Å². The van der Waals surface area contributed by atoms with Crippen molar-refractivity contribution in [1.82, 2.24) is 5.32 Å². The van der Waals surface area contributed by atoms with Crippen molar-refractivity contribution >= 4 is 0 Å². The van der Waals surface area contributed by atoms with E-state index in [1.165, 1.54) is 18.2 Å². The van der Waals surface area contributed by atoms with Crippen LogP contribution in [0.2, 0.25) is 0 Å². The number of halogens is 2. The molecular formula is C16H25F2N. The zero-order valence-electron chi connectivity index (χ0n) is 12.2. The van der Waals surface area contributed by atoms with E-state index in [1.54, 1.807) is 0 Å². The summed E-state index contributed by atoms with van der Waals surface area (Å²) in [6.45, 7) is 7.20. The van der Waals surface area contributed by atoms with E-state index in [4.69, 9.17) is 0 Å². The van der Waals surface area contributed by atoms with Gasteiger partial charge in [-0.25, -0.2) is 8.78 Å². The van der Waals surface area contributed by atoms with E-state index >= 15 is 0 Å². The van der Waals surface area contributed by atoms with Gasteiger partial charge in [0.1, 0.15) is 11.6 Å². The molecule has 0 aliphatic heterocycles. The molecule has 0 saturated carbocycles. The fraction of sp³-hybridized carbons (Fsp3) is 0.625. The average molecular weight is 269 g/mol. The van der Waals surface area contributed by atoms with Gasteiger partial charge in [-0.3, -0.25) is 0 Å². The summed E-state index contributed by atoms with van der Waals surface area (Å²) in [6, 6.07) is 4.21. The average Bonchev–Trinajstić information content (AvgIpc) is 2.34. The molecule has 0 amide bonds. The molecule has 1 N–H and O–H groups in total. The summed E-state index contributed by atoms with van der Waals surface area (Å²) in [5.41, 5.74) is 0.206. The largest absolute Gasteiger partial charge is 0.314 e.